The summed E-state index contributed by atoms with van der Waals surface area (Å²) in [5.74, 6) is -0.373. The first kappa shape index (κ1) is 18.4. The van der Waals surface area contributed by atoms with Crippen LogP contribution in [0.5, 0.6) is 0 Å². The van der Waals surface area contributed by atoms with Crippen molar-refractivity contribution in [1.29, 1.82) is 0 Å². The molecular formula is C19H13F3N6O. The lowest BCUT2D eigenvalue weighted by Gasteiger charge is -2.05. The highest BCUT2D eigenvalue weighted by Crippen LogP contribution is 2.27. The lowest BCUT2D eigenvalue weighted by Crippen LogP contribution is -2.11. The van der Waals surface area contributed by atoms with E-state index in [0.29, 0.717) is 16.9 Å². The lowest BCUT2D eigenvalue weighted by molar-refractivity contribution is -0.141. The molecule has 1 aromatic carbocycles. The van der Waals surface area contributed by atoms with Crippen molar-refractivity contribution in [2.45, 2.75) is 6.18 Å². The van der Waals surface area contributed by atoms with Crippen molar-refractivity contribution < 1.29 is 18.0 Å². The molecule has 0 fully saturated rings. The standard InChI is InChI=1S/C19H13F3N6O/c20-19(21,22)17-7-10-27(26-17)15-3-1-13(2-4-15)18(29)25-14-11-24-28(12-14)16-5-8-23-9-6-16/h1-12H,(H,25,29). The van der Waals surface area contributed by atoms with Crippen LogP contribution in [-0.4, -0.2) is 30.5 Å². The first-order chi connectivity index (χ1) is 13.9. The fourth-order valence-corrected chi connectivity index (χ4v) is 2.61. The summed E-state index contributed by atoms with van der Waals surface area (Å²) in [6.45, 7) is 0. The fraction of sp³-hybridized carbons (Fsp3) is 0.0526. The van der Waals surface area contributed by atoms with Gasteiger partial charge in [-0.3, -0.25) is 9.78 Å². The molecule has 1 N–H and O–H groups in total. The minimum atomic E-state index is -4.51. The fourth-order valence-electron chi connectivity index (χ4n) is 2.61. The number of alkyl halides is 3. The Morgan fingerprint density at radius 1 is 0.931 bits per heavy atom. The average Bonchev–Trinajstić information content (AvgIpc) is 3.38. The zero-order valence-electron chi connectivity index (χ0n) is 14.7. The Balaban J connectivity index is 1.46. The van der Waals surface area contributed by atoms with E-state index in [-0.39, 0.29) is 5.91 Å². The van der Waals surface area contributed by atoms with Crippen molar-refractivity contribution in [1.82, 2.24) is 24.5 Å². The molecule has 4 rings (SSSR count). The maximum Gasteiger partial charge on any atom is 0.435 e. The number of pyridine rings is 1. The smallest absolute Gasteiger partial charge is 0.319 e. The molecule has 0 radical (unpaired) electrons. The number of amides is 1. The van der Waals surface area contributed by atoms with Gasteiger partial charge in [-0.25, -0.2) is 9.36 Å². The highest BCUT2D eigenvalue weighted by Gasteiger charge is 2.33. The molecule has 0 spiro atoms. The monoisotopic (exact) mass is 398 g/mol. The predicted octanol–water partition coefficient (Wildman–Crippen LogP) is 3.72. The molecule has 0 saturated carbocycles. The number of carbonyl (C=O) groups excluding carboxylic acids is 1. The van der Waals surface area contributed by atoms with Gasteiger partial charge in [-0.2, -0.15) is 23.4 Å². The number of hydrogen-bond donors (Lipinski definition) is 1. The van der Waals surface area contributed by atoms with Crippen LogP contribution < -0.4 is 5.32 Å². The minimum Gasteiger partial charge on any atom is -0.319 e. The average molecular weight is 398 g/mol. The number of halogens is 3. The molecule has 0 bridgehead atoms. The molecule has 7 nitrogen and oxygen atoms in total. The number of aromatic nitrogens is 5. The summed E-state index contributed by atoms with van der Waals surface area (Å²) >= 11 is 0. The molecule has 0 aliphatic rings. The van der Waals surface area contributed by atoms with E-state index in [2.05, 4.69) is 20.5 Å². The highest BCUT2D eigenvalue weighted by atomic mass is 19.4. The number of nitrogens with one attached hydrogen (secondary N) is 1. The SMILES string of the molecule is O=C(Nc1cnn(-c2ccncc2)c1)c1ccc(-n2ccc(C(F)(F)F)n2)cc1. The van der Waals surface area contributed by atoms with Gasteiger partial charge in [0.1, 0.15) is 0 Å². The molecule has 4 aromatic rings. The van der Waals surface area contributed by atoms with Crippen molar-refractivity contribution in [3.8, 4) is 11.4 Å². The van der Waals surface area contributed by atoms with Gasteiger partial charge in [0, 0.05) is 24.2 Å². The summed E-state index contributed by atoms with van der Waals surface area (Å²) in [5, 5.41) is 10.4. The zero-order valence-corrected chi connectivity index (χ0v) is 14.7. The molecule has 0 atom stereocenters. The summed E-state index contributed by atoms with van der Waals surface area (Å²) in [5.41, 5.74) is 1.06. The van der Waals surface area contributed by atoms with Crippen molar-refractivity contribution in [3.63, 3.8) is 0 Å². The Hall–Kier alpha value is -3.95. The van der Waals surface area contributed by atoms with Crippen LogP contribution in [0.3, 0.4) is 0 Å². The van der Waals surface area contributed by atoms with Crippen molar-refractivity contribution in [2.75, 3.05) is 5.32 Å². The van der Waals surface area contributed by atoms with Crippen LogP contribution in [0.15, 0.2) is 73.4 Å². The Labute approximate surface area is 162 Å². The van der Waals surface area contributed by atoms with Crippen LogP contribution in [0.25, 0.3) is 11.4 Å². The highest BCUT2D eigenvalue weighted by molar-refractivity contribution is 6.04. The van der Waals surface area contributed by atoms with Crippen molar-refractivity contribution >= 4 is 11.6 Å². The second-order valence-electron chi connectivity index (χ2n) is 6.02. The molecule has 0 aliphatic carbocycles. The zero-order chi connectivity index (χ0) is 20.4. The Kier molecular flexibility index (Phi) is 4.59. The molecule has 0 aliphatic heterocycles. The maximum atomic E-state index is 12.7. The molecule has 1 amide bonds. The normalized spacial score (nSPS) is 11.4. The van der Waals surface area contributed by atoms with Crippen molar-refractivity contribution in [2.24, 2.45) is 0 Å². The van der Waals surface area contributed by atoms with Crippen LogP contribution >= 0.6 is 0 Å². The van der Waals surface area contributed by atoms with E-state index in [1.54, 1.807) is 35.4 Å². The number of rotatable bonds is 4. The number of carbonyl (C=O) groups is 1. The maximum absolute atomic E-state index is 12.7. The Morgan fingerprint density at radius 3 is 2.28 bits per heavy atom. The van der Waals surface area contributed by atoms with E-state index in [4.69, 9.17) is 0 Å². The molecule has 0 saturated heterocycles. The van der Waals surface area contributed by atoms with Gasteiger partial charge in [0.15, 0.2) is 5.69 Å². The van der Waals surface area contributed by atoms with E-state index in [1.807, 2.05) is 0 Å². The van der Waals surface area contributed by atoms with Gasteiger partial charge < -0.3 is 5.32 Å². The number of benzene rings is 1. The largest absolute Gasteiger partial charge is 0.435 e. The third-order valence-electron chi connectivity index (χ3n) is 4.04. The van der Waals surface area contributed by atoms with Crippen molar-refractivity contribution in [3.05, 3.63) is 84.7 Å². The van der Waals surface area contributed by atoms with Crippen LogP contribution in [0.1, 0.15) is 16.1 Å². The molecule has 10 heteroatoms. The van der Waals surface area contributed by atoms with Crippen LogP contribution in [0, 0.1) is 0 Å². The van der Waals surface area contributed by atoms with E-state index in [9.17, 15) is 18.0 Å². The second kappa shape index (κ2) is 7.23. The van der Waals surface area contributed by atoms with Gasteiger partial charge in [-0.15, -0.1) is 0 Å². The van der Waals surface area contributed by atoms with E-state index < -0.39 is 11.9 Å². The second-order valence-corrected chi connectivity index (χ2v) is 6.02. The quantitative estimate of drug-likeness (QED) is 0.568. The summed E-state index contributed by atoms with van der Waals surface area (Å²) in [7, 11) is 0. The first-order valence-electron chi connectivity index (χ1n) is 8.40. The van der Waals surface area contributed by atoms with E-state index in [1.165, 1.54) is 36.7 Å². The number of hydrogen-bond acceptors (Lipinski definition) is 4. The molecular weight excluding hydrogens is 385 g/mol. The topological polar surface area (TPSA) is 77.6 Å². The number of anilines is 1. The van der Waals surface area contributed by atoms with Gasteiger partial charge in [0.25, 0.3) is 5.91 Å². The first-order valence-corrected chi connectivity index (χ1v) is 8.40. The van der Waals surface area contributed by atoms with Crippen LogP contribution in [0.2, 0.25) is 0 Å². The van der Waals surface area contributed by atoms with Gasteiger partial charge in [-0.1, -0.05) is 0 Å². The summed E-state index contributed by atoms with van der Waals surface area (Å²) in [6.07, 6.45) is 3.14. The predicted molar refractivity (Wildman–Crippen MR) is 97.9 cm³/mol. The third kappa shape index (κ3) is 4.00. The lowest BCUT2D eigenvalue weighted by atomic mass is 10.2. The summed E-state index contributed by atoms with van der Waals surface area (Å²) in [6, 6.07) is 10.5. The molecule has 146 valence electrons. The molecule has 0 unspecified atom stereocenters. The Bertz CT molecular complexity index is 1130. The van der Waals surface area contributed by atoms with Gasteiger partial charge in [0.05, 0.1) is 29.5 Å². The van der Waals surface area contributed by atoms with Gasteiger partial charge in [-0.05, 0) is 42.5 Å². The molecule has 29 heavy (non-hydrogen) atoms. The van der Waals surface area contributed by atoms with Crippen LogP contribution in [-0.2, 0) is 6.18 Å². The minimum absolute atomic E-state index is 0.341. The van der Waals surface area contributed by atoms with Gasteiger partial charge >= 0.3 is 6.18 Å². The third-order valence-corrected chi connectivity index (χ3v) is 4.04. The molecule has 3 heterocycles. The van der Waals surface area contributed by atoms with E-state index in [0.717, 1.165) is 16.4 Å². The summed E-state index contributed by atoms with van der Waals surface area (Å²) < 4.78 is 40.7. The molecule has 3 aromatic heterocycles. The van der Waals surface area contributed by atoms with Crippen LogP contribution in [0.4, 0.5) is 18.9 Å². The van der Waals surface area contributed by atoms with Gasteiger partial charge in [0.2, 0.25) is 0 Å². The Morgan fingerprint density at radius 2 is 1.62 bits per heavy atom. The number of nitrogens with zero attached hydrogens (tertiary/aromatic N) is 5. The summed E-state index contributed by atoms with van der Waals surface area (Å²) in [4.78, 5) is 16.3. The van der Waals surface area contributed by atoms with E-state index >= 15 is 0 Å².